The van der Waals surface area contributed by atoms with Gasteiger partial charge in [-0.15, -0.1) is 0 Å². The number of carbonyl (C=O) groups excluding carboxylic acids is 1. The van der Waals surface area contributed by atoms with Gasteiger partial charge in [0.2, 0.25) is 5.91 Å². The van der Waals surface area contributed by atoms with Crippen molar-refractivity contribution in [1.29, 1.82) is 0 Å². The Balaban J connectivity index is 1.73. The lowest BCUT2D eigenvalue weighted by molar-refractivity contribution is -0.119. The van der Waals surface area contributed by atoms with Crippen LogP contribution in [0.1, 0.15) is 18.9 Å². The Morgan fingerprint density at radius 1 is 1.42 bits per heavy atom. The number of amides is 1. The number of carbonyl (C=O) groups is 1. The van der Waals surface area contributed by atoms with Crippen LogP contribution in [0.25, 0.3) is 0 Å². The second kappa shape index (κ2) is 4.94. The Labute approximate surface area is 113 Å². The molecule has 1 N–H and O–H groups in total. The molecule has 4 heteroatoms. The standard InChI is InChI=1S/C15H20N2O2/c1-11-8-12-4-2-3-5-14(12)17(11)15(19)10-16-7-6-13(18)9-16/h2-5,11,13,18H,6-10H2,1H3/t11?,13-/m0/s1. The molecule has 4 nitrogen and oxygen atoms in total. The number of likely N-dealkylation sites (tertiary alicyclic amines) is 1. The number of aliphatic hydroxyl groups is 1. The van der Waals surface area contributed by atoms with Gasteiger partial charge in [0.15, 0.2) is 0 Å². The molecule has 1 saturated heterocycles. The highest BCUT2D eigenvalue weighted by molar-refractivity contribution is 5.97. The smallest absolute Gasteiger partial charge is 0.241 e. The molecule has 2 aliphatic heterocycles. The average molecular weight is 260 g/mol. The molecule has 0 aromatic heterocycles. The van der Waals surface area contributed by atoms with Crippen LogP contribution in [0.3, 0.4) is 0 Å². The number of benzene rings is 1. The van der Waals surface area contributed by atoms with Crippen molar-refractivity contribution < 1.29 is 9.90 Å². The molecule has 0 saturated carbocycles. The summed E-state index contributed by atoms with van der Waals surface area (Å²) in [7, 11) is 0. The largest absolute Gasteiger partial charge is 0.392 e. The molecule has 2 atom stereocenters. The van der Waals surface area contributed by atoms with Crippen molar-refractivity contribution in [3.8, 4) is 0 Å². The van der Waals surface area contributed by atoms with Gasteiger partial charge < -0.3 is 10.0 Å². The van der Waals surface area contributed by atoms with Crippen molar-refractivity contribution >= 4 is 11.6 Å². The Morgan fingerprint density at radius 2 is 2.21 bits per heavy atom. The number of β-amino-alcohol motifs (C(OH)–C–C–N with tert-alkyl or cyclic N) is 1. The van der Waals surface area contributed by atoms with Crippen LogP contribution in [0.2, 0.25) is 0 Å². The Hall–Kier alpha value is -1.39. The number of anilines is 1. The van der Waals surface area contributed by atoms with Crippen LogP contribution in [0.4, 0.5) is 5.69 Å². The number of hydrogen-bond donors (Lipinski definition) is 1. The van der Waals surface area contributed by atoms with Crippen molar-refractivity contribution in [2.45, 2.75) is 31.9 Å². The summed E-state index contributed by atoms with van der Waals surface area (Å²) in [5, 5.41) is 9.52. The third kappa shape index (κ3) is 2.38. The first-order chi connectivity index (χ1) is 9.15. The molecule has 0 radical (unpaired) electrons. The van der Waals surface area contributed by atoms with Gasteiger partial charge in [0, 0.05) is 24.8 Å². The maximum absolute atomic E-state index is 12.5. The van der Waals surface area contributed by atoms with Crippen molar-refractivity contribution in [1.82, 2.24) is 4.90 Å². The van der Waals surface area contributed by atoms with Crippen molar-refractivity contribution in [2.24, 2.45) is 0 Å². The third-order valence-electron chi connectivity index (χ3n) is 4.08. The van der Waals surface area contributed by atoms with E-state index in [2.05, 4.69) is 13.0 Å². The van der Waals surface area contributed by atoms with Crippen molar-refractivity contribution in [2.75, 3.05) is 24.5 Å². The van der Waals surface area contributed by atoms with E-state index < -0.39 is 0 Å². The highest BCUT2D eigenvalue weighted by atomic mass is 16.3. The summed E-state index contributed by atoms with van der Waals surface area (Å²) < 4.78 is 0. The van der Waals surface area contributed by atoms with Gasteiger partial charge in [0.1, 0.15) is 0 Å². The molecule has 0 aliphatic carbocycles. The Kier molecular flexibility index (Phi) is 3.29. The van der Waals surface area contributed by atoms with E-state index in [1.807, 2.05) is 28.0 Å². The number of nitrogens with zero attached hydrogens (tertiary/aromatic N) is 2. The van der Waals surface area contributed by atoms with Gasteiger partial charge in [-0.05, 0) is 31.4 Å². The molecule has 1 aromatic rings. The zero-order chi connectivity index (χ0) is 13.4. The molecule has 0 spiro atoms. The summed E-state index contributed by atoms with van der Waals surface area (Å²) in [6.07, 6.45) is 1.44. The van der Waals surface area contributed by atoms with Crippen LogP contribution in [-0.2, 0) is 11.2 Å². The first-order valence-corrected chi connectivity index (χ1v) is 6.95. The van der Waals surface area contributed by atoms with Gasteiger partial charge >= 0.3 is 0 Å². The molecule has 1 aromatic carbocycles. The molecule has 0 bridgehead atoms. The van der Waals surface area contributed by atoms with Crippen LogP contribution in [-0.4, -0.2) is 47.7 Å². The molecular weight excluding hydrogens is 240 g/mol. The zero-order valence-electron chi connectivity index (χ0n) is 11.2. The lowest BCUT2D eigenvalue weighted by Crippen LogP contribution is -2.42. The Morgan fingerprint density at radius 3 is 2.95 bits per heavy atom. The maximum Gasteiger partial charge on any atom is 0.241 e. The normalized spacial score (nSPS) is 26.7. The van der Waals surface area contributed by atoms with Crippen LogP contribution in [0.15, 0.2) is 24.3 Å². The van der Waals surface area contributed by atoms with Gasteiger partial charge in [0.25, 0.3) is 0 Å². The van der Waals surface area contributed by atoms with Gasteiger partial charge in [-0.1, -0.05) is 18.2 Å². The fraction of sp³-hybridized carbons (Fsp3) is 0.533. The molecular formula is C15H20N2O2. The number of aliphatic hydroxyl groups excluding tert-OH is 1. The van der Waals surface area contributed by atoms with Gasteiger partial charge in [-0.2, -0.15) is 0 Å². The SMILES string of the molecule is CC1Cc2ccccc2N1C(=O)CN1CC[C@H](O)C1. The second-order valence-electron chi connectivity index (χ2n) is 5.62. The van der Waals surface area contributed by atoms with Crippen molar-refractivity contribution in [3.05, 3.63) is 29.8 Å². The van der Waals surface area contributed by atoms with Crippen LogP contribution in [0.5, 0.6) is 0 Å². The number of para-hydroxylation sites is 1. The second-order valence-corrected chi connectivity index (χ2v) is 5.62. The topological polar surface area (TPSA) is 43.8 Å². The predicted molar refractivity (Wildman–Crippen MR) is 74.2 cm³/mol. The monoisotopic (exact) mass is 260 g/mol. The Bertz CT molecular complexity index is 489. The molecule has 2 heterocycles. The van der Waals surface area contributed by atoms with Crippen LogP contribution >= 0.6 is 0 Å². The lowest BCUT2D eigenvalue weighted by atomic mass is 10.1. The summed E-state index contributed by atoms with van der Waals surface area (Å²) in [4.78, 5) is 16.4. The summed E-state index contributed by atoms with van der Waals surface area (Å²) in [5.74, 6) is 0.145. The van der Waals surface area contributed by atoms with Gasteiger partial charge in [0.05, 0.1) is 12.6 Å². The minimum atomic E-state index is -0.268. The van der Waals surface area contributed by atoms with Crippen LogP contribution in [0, 0.1) is 0 Å². The van der Waals surface area contributed by atoms with E-state index in [9.17, 15) is 9.90 Å². The van der Waals surface area contributed by atoms with E-state index >= 15 is 0 Å². The van der Waals surface area contributed by atoms with E-state index in [-0.39, 0.29) is 18.1 Å². The lowest BCUT2D eigenvalue weighted by Gasteiger charge is -2.25. The fourth-order valence-electron chi connectivity index (χ4n) is 3.17. The fourth-order valence-corrected chi connectivity index (χ4v) is 3.17. The minimum absolute atomic E-state index is 0.145. The molecule has 1 unspecified atom stereocenters. The molecule has 1 fully saturated rings. The molecule has 3 rings (SSSR count). The number of hydrogen-bond acceptors (Lipinski definition) is 3. The highest BCUT2D eigenvalue weighted by Gasteiger charge is 2.32. The summed E-state index contributed by atoms with van der Waals surface area (Å²) >= 11 is 0. The third-order valence-corrected chi connectivity index (χ3v) is 4.08. The van der Waals surface area contributed by atoms with E-state index in [0.29, 0.717) is 13.1 Å². The molecule has 2 aliphatic rings. The van der Waals surface area contributed by atoms with Gasteiger partial charge in [-0.25, -0.2) is 0 Å². The molecule has 19 heavy (non-hydrogen) atoms. The van der Waals surface area contributed by atoms with Gasteiger partial charge in [-0.3, -0.25) is 9.69 Å². The first-order valence-electron chi connectivity index (χ1n) is 6.95. The summed E-state index contributed by atoms with van der Waals surface area (Å²) in [6, 6.07) is 8.36. The zero-order valence-corrected chi connectivity index (χ0v) is 11.2. The first kappa shape index (κ1) is 12.6. The number of rotatable bonds is 2. The maximum atomic E-state index is 12.5. The van der Waals surface area contributed by atoms with Crippen molar-refractivity contribution in [3.63, 3.8) is 0 Å². The van der Waals surface area contributed by atoms with E-state index in [0.717, 1.165) is 25.1 Å². The van der Waals surface area contributed by atoms with E-state index in [4.69, 9.17) is 0 Å². The van der Waals surface area contributed by atoms with Crippen LogP contribution < -0.4 is 4.90 Å². The van der Waals surface area contributed by atoms with E-state index in [1.165, 1.54) is 5.56 Å². The highest BCUT2D eigenvalue weighted by Crippen LogP contribution is 2.31. The average Bonchev–Trinajstić information content (AvgIpc) is 2.91. The molecule has 1 amide bonds. The predicted octanol–water partition coefficient (Wildman–Crippen LogP) is 1.03. The summed E-state index contributed by atoms with van der Waals surface area (Å²) in [6.45, 7) is 3.94. The summed E-state index contributed by atoms with van der Waals surface area (Å²) in [5.41, 5.74) is 2.31. The minimum Gasteiger partial charge on any atom is -0.392 e. The number of fused-ring (bicyclic) bond motifs is 1. The quantitative estimate of drug-likeness (QED) is 0.864. The van der Waals surface area contributed by atoms with E-state index in [1.54, 1.807) is 0 Å². The molecule has 102 valence electrons.